The van der Waals surface area contributed by atoms with Crippen molar-refractivity contribution in [2.24, 2.45) is 0 Å². The molecule has 1 amide bonds. The highest BCUT2D eigenvalue weighted by Crippen LogP contribution is 2.28. The molecule has 0 aliphatic carbocycles. The number of carbonyl (C=O) groups excluding carboxylic acids is 2. The molecule has 0 aromatic heterocycles. The van der Waals surface area contributed by atoms with Gasteiger partial charge in [0.2, 0.25) is 0 Å². The minimum Gasteiger partial charge on any atom is -0.389 e. The molecule has 1 aliphatic heterocycles. The van der Waals surface area contributed by atoms with Gasteiger partial charge >= 0.3 is 0 Å². The van der Waals surface area contributed by atoms with Crippen molar-refractivity contribution in [3.63, 3.8) is 0 Å². The van der Waals surface area contributed by atoms with E-state index in [1.54, 1.807) is 18.2 Å². The topological polar surface area (TPSA) is 86.6 Å². The largest absolute Gasteiger partial charge is 0.389 e. The summed E-state index contributed by atoms with van der Waals surface area (Å²) in [6.07, 6.45) is -2.15. The van der Waals surface area contributed by atoms with Crippen LogP contribution in [0.4, 0.5) is 0 Å². The van der Waals surface area contributed by atoms with Gasteiger partial charge in [-0.25, -0.2) is 0 Å². The lowest BCUT2D eigenvalue weighted by atomic mass is 9.96. The first-order valence-electron chi connectivity index (χ1n) is 5.90. The normalized spacial score (nSPS) is 16.7. The van der Waals surface area contributed by atoms with E-state index in [9.17, 15) is 19.8 Å². The second kappa shape index (κ2) is 5.73. The molecule has 1 heterocycles. The van der Waals surface area contributed by atoms with Gasteiger partial charge in [-0.05, 0) is 17.2 Å². The van der Waals surface area contributed by atoms with Crippen LogP contribution in [-0.2, 0) is 11.3 Å². The molecule has 6 heteroatoms. The predicted molar refractivity (Wildman–Crippen MR) is 71.7 cm³/mol. The van der Waals surface area contributed by atoms with E-state index < -0.39 is 12.2 Å². The molecule has 2 unspecified atom stereocenters. The lowest BCUT2D eigenvalue weighted by Gasteiger charge is -2.19. The Morgan fingerprint density at radius 2 is 2.21 bits per heavy atom. The van der Waals surface area contributed by atoms with Gasteiger partial charge in [0.05, 0.1) is 6.10 Å². The van der Waals surface area contributed by atoms with Crippen molar-refractivity contribution in [1.29, 1.82) is 0 Å². The SMILES string of the molecule is CC(=O)SCC(O)C(O)c1cccc2c1CNC2=O. The number of thioether (sulfide) groups is 1. The Hall–Kier alpha value is -1.37. The molecule has 0 fully saturated rings. The maximum atomic E-state index is 11.5. The number of benzene rings is 1. The summed E-state index contributed by atoms with van der Waals surface area (Å²) in [5, 5.41) is 22.6. The summed E-state index contributed by atoms with van der Waals surface area (Å²) in [7, 11) is 0. The van der Waals surface area contributed by atoms with Crippen LogP contribution in [0.2, 0.25) is 0 Å². The van der Waals surface area contributed by atoms with Crippen LogP contribution in [0.1, 0.15) is 34.5 Å². The Labute approximate surface area is 115 Å². The number of hydrogen-bond acceptors (Lipinski definition) is 5. The molecular formula is C13H15NO4S. The maximum absolute atomic E-state index is 11.5. The number of fused-ring (bicyclic) bond motifs is 1. The van der Waals surface area contributed by atoms with E-state index in [0.29, 0.717) is 23.2 Å². The van der Waals surface area contributed by atoms with Crippen molar-refractivity contribution in [1.82, 2.24) is 5.32 Å². The number of aliphatic hydroxyl groups is 2. The summed E-state index contributed by atoms with van der Waals surface area (Å²) in [4.78, 5) is 22.4. The van der Waals surface area contributed by atoms with Gasteiger partial charge in [0.25, 0.3) is 5.91 Å². The van der Waals surface area contributed by atoms with Gasteiger partial charge in [0, 0.05) is 24.8 Å². The van der Waals surface area contributed by atoms with E-state index >= 15 is 0 Å². The number of rotatable bonds is 4. The van der Waals surface area contributed by atoms with Crippen molar-refractivity contribution < 1.29 is 19.8 Å². The monoisotopic (exact) mass is 281 g/mol. The van der Waals surface area contributed by atoms with Crippen LogP contribution in [0.5, 0.6) is 0 Å². The van der Waals surface area contributed by atoms with Crippen molar-refractivity contribution >= 4 is 22.8 Å². The number of nitrogens with one attached hydrogen (secondary N) is 1. The van der Waals surface area contributed by atoms with Gasteiger partial charge in [-0.1, -0.05) is 23.9 Å². The number of amides is 1. The Morgan fingerprint density at radius 3 is 2.89 bits per heavy atom. The third-order valence-electron chi connectivity index (χ3n) is 3.02. The standard InChI is InChI=1S/C13H15NO4S/c1-7(15)19-6-11(16)12(17)8-3-2-4-9-10(8)5-14-13(9)18/h2-4,11-12,16-17H,5-6H2,1H3,(H,14,18). The molecule has 1 aliphatic rings. The van der Waals surface area contributed by atoms with Gasteiger partial charge in [-0.2, -0.15) is 0 Å². The summed E-state index contributed by atoms with van der Waals surface area (Å²) in [6.45, 7) is 1.76. The summed E-state index contributed by atoms with van der Waals surface area (Å²) in [6, 6.07) is 5.04. The predicted octanol–water partition coefficient (Wildman–Crippen LogP) is 0.604. The molecule has 0 saturated heterocycles. The fraction of sp³-hybridized carbons (Fsp3) is 0.385. The molecule has 1 aromatic rings. The molecule has 3 N–H and O–H groups in total. The average Bonchev–Trinajstić information content (AvgIpc) is 2.77. The minimum absolute atomic E-state index is 0.110. The molecule has 5 nitrogen and oxygen atoms in total. The zero-order valence-corrected chi connectivity index (χ0v) is 11.2. The summed E-state index contributed by atoms with van der Waals surface area (Å²) >= 11 is 0.965. The number of carbonyl (C=O) groups is 2. The van der Waals surface area contributed by atoms with Crippen molar-refractivity contribution in [3.8, 4) is 0 Å². The van der Waals surface area contributed by atoms with Crippen molar-refractivity contribution in [3.05, 3.63) is 34.9 Å². The molecule has 0 bridgehead atoms. The Morgan fingerprint density at radius 1 is 1.47 bits per heavy atom. The van der Waals surface area contributed by atoms with Crippen molar-refractivity contribution in [2.45, 2.75) is 25.7 Å². The molecular weight excluding hydrogens is 266 g/mol. The highest BCUT2D eigenvalue weighted by molar-refractivity contribution is 8.13. The quantitative estimate of drug-likeness (QED) is 0.752. The van der Waals surface area contributed by atoms with Crippen LogP contribution in [0.15, 0.2) is 18.2 Å². The van der Waals surface area contributed by atoms with E-state index in [1.165, 1.54) is 6.92 Å². The molecule has 1 aromatic carbocycles. The summed E-state index contributed by atoms with van der Waals surface area (Å²) in [5.74, 6) is -0.0432. The number of aliphatic hydroxyl groups excluding tert-OH is 2. The number of hydrogen-bond donors (Lipinski definition) is 3. The second-order valence-electron chi connectivity index (χ2n) is 4.37. The van der Waals surface area contributed by atoms with E-state index in [2.05, 4.69) is 5.32 Å². The first kappa shape index (κ1) is 14.0. The molecule has 19 heavy (non-hydrogen) atoms. The molecule has 2 rings (SSSR count). The van der Waals surface area contributed by atoms with E-state index in [0.717, 1.165) is 11.8 Å². The van der Waals surface area contributed by atoms with Crippen LogP contribution in [0.3, 0.4) is 0 Å². The average molecular weight is 281 g/mol. The van der Waals surface area contributed by atoms with Gasteiger partial charge in [0.15, 0.2) is 5.12 Å². The Bertz CT molecular complexity index is 517. The summed E-state index contributed by atoms with van der Waals surface area (Å²) in [5.41, 5.74) is 1.78. The van der Waals surface area contributed by atoms with Crippen LogP contribution in [0.25, 0.3) is 0 Å². The fourth-order valence-corrected chi connectivity index (χ4v) is 2.64. The molecule has 2 atom stereocenters. The third-order valence-corrected chi connectivity index (χ3v) is 3.94. The highest BCUT2D eigenvalue weighted by Gasteiger charge is 2.27. The van der Waals surface area contributed by atoms with E-state index in [4.69, 9.17) is 0 Å². The molecule has 102 valence electrons. The molecule has 0 radical (unpaired) electrons. The van der Waals surface area contributed by atoms with Gasteiger partial charge in [-0.3, -0.25) is 9.59 Å². The fourth-order valence-electron chi connectivity index (χ4n) is 2.06. The van der Waals surface area contributed by atoms with Crippen LogP contribution >= 0.6 is 11.8 Å². The first-order valence-corrected chi connectivity index (χ1v) is 6.88. The van der Waals surface area contributed by atoms with Gasteiger partial charge < -0.3 is 15.5 Å². The molecule has 0 saturated carbocycles. The van der Waals surface area contributed by atoms with E-state index in [-0.39, 0.29) is 16.8 Å². The zero-order chi connectivity index (χ0) is 14.0. The first-order chi connectivity index (χ1) is 9.00. The van der Waals surface area contributed by atoms with Gasteiger partial charge in [-0.15, -0.1) is 0 Å². The molecule has 0 spiro atoms. The van der Waals surface area contributed by atoms with E-state index in [1.807, 2.05) is 0 Å². The lowest BCUT2D eigenvalue weighted by Crippen LogP contribution is -2.22. The van der Waals surface area contributed by atoms with Crippen molar-refractivity contribution in [2.75, 3.05) is 5.75 Å². The summed E-state index contributed by atoms with van der Waals surface area (Å²) < 4.78 is 0. The zero-order valence-electron chi connectivity index (χ0n) is 10.4. The lowest BCUT2D eigenvalue weighted by molar-refractivity contribution is -0.109. The smallest absolute Gasteiger partial charge is 0.251 e. The Balaban J connectivity index is 2.18. The minimum atomic E-state index is -1.10. The van der Waals surface area contributed by atoms with Crippen LogP contribution in [0, 0.1) is 0 Å². The van der Waals surface area contributed by atoms with Crippen LogP contribution in [-0.4, -0.2) is 33.1 Å². The van der Waals surface area contributed by atoms with Gasteiger partial charge in [0.1, 0.15) is 6.10 Å². The second-order valence-corrected chi connectivity index (χ2v) is 5.57. The Kier molecular flexibility index (Phi) is 4.24. The third kappa shape index (κ3) is 2.97. The highest BCUT2D eigenvalue weighted by atomic mass is 32.2. The maximum Gasteiger partial charge on any atom is 0.251 e. The van der Waals surface area contributed by atoms with Crippen LogP contribution < -0.4 is 5.32 Å².